The summed E-state index contributed by atoms with van der Waals surface area (Å²) in [5.41, 5.74) is 3.62. The summed E-state index contributed by atoms with van der Waals surface area (Å²) in [6.07, 6.45) is 3.24. The van der Waals surface area contributed by atoms with Crippen LogP contribution < -0.4 is 4.90 Å². The summed E-state index contributed by atoms with van der Waals surface area (Å²) in [6.45, 7) is 4.74. The maximum Gasteiger partial charge on any atom is 0.172 e. The van der Waals surface area contributed by atoms with E-state index in [2.05, 4.69) is 42.5 Å². The largest absolute Gasteiger partial charge is 0.373 e. The fraction of sp³-hybridized carbons (Fsp3) is 0.412. The van der Waals surface area contributed by atoms with Crippen LogP contribution in [-0.4, -0.2) is 31.0 Å². The van der Waals surface area contributed by atoms with Crippen molar-refractivity contribution in [2.75, 3.05) is 25.2 Å². The van der Waals surface area contributed by atoms with Crippen LogP contribution in [-0.2, 0) is 11.2 Å². The first-order valence-corrected chi connectivity index (χ1v) is 6.95. The second-order valence-electron chi connectivity index (χ2n) is 5.60. The molecular weight excluding hydrogens is 250 g/mol. The first-order chi connectivity index (χ1) is 9.57. The fourth-order valence-corrected chi connectivity index (χ4v) is 2.54. The van der Waals surface area contributed by atoms with Crippen molar-refractivity contribution < 1.29 is 9.84 Å². The normalized spacial score (nSPS) is 20.3. The minimum Gasteiger partial charge on any atom is -0.373 e. The third-order valence-corrected chi connectivity index (χ3v) is 3.95. The second kappa shape index (κ2) is 4.97. The minimum atomic E-state index is -0.956. The Hall–Kier alpha value is -1.76. The van der Waals surface area contributed by atoms with Gasteiger partial charge in [0.15, 0.2) is 5.60 Å². The lowest BCUT2D eigenvalue weighted by molar-refractivity contribution is -0.140. The first-order valence-electron chi connectivity index (χ1n) is 6.95. The van der Waals surface area contributed by atoms with Gasteiger partial charge < -0.3 is 14.7 Å². The average molecular weight is 269 g/mol. The molecule has 0 unspecified atom stereocenters. The Morgan fingerprint density at radius 1 is 1.35 bits per heavy atom. The molecule has 3 rings (SSSR count). The zero-order valence-electron chi connectivity index (χ0n) is 11.8. The van der Waals surface area contributed by atoms with Crippen LogP contribution in [0.4, 0.5) is 5.69 Å². The number of rotatable bonds is 0. The highest BCUT2D eigenvalue weighted by molar-refractivity contribution is 5.62. The molecule has 1 saturated heterocycles. The van der Waals surface area contributed by atoms with Crippen molar-refractivity contribution in [2.24, 2.45) is 0 Å². The van der Waals surface area contributed by atoms with E-state index >= 15 is 0 Å². The van der Waals surface area contributed by atoms with Gasteiger partial charge in [-0.3, -0.25) is 0 Å². The van der Waals surface area contributed by atoms with Gasteiger partial charge in [-0.25, -0.2) is 0 Å². The quantitative estimate of drug-likeness (QED) is 0.732. The highest BCUT2D eigenvalue weighted by atomic mass is 16.5. The van der Waals surface area contributed by atoms with Gasteiger partial charge in [-0.1, -0.05) is 24.5 Å². The third-order valence-electron chi connectivity index (χ3n) is 3.95. The van der Waals surface area contributed by atoms with Crippen LogP contribution in [0.5, 0.6) is 0 Å². The highest BCUT2D eigenvalue weighted by Crippen LogP contribution is 2.30. The minimum absolute atomic E-state index is 0.307. The number of ether oxygens (including phenoxy) is 1. The van der Waals surface area contributed by atoms with Crippen LogP contribution >= 0.6 is 0 Å². The van der Waals surface area contributed by atoms with E-state index in [1.54, 1.807) is 0 Å². The average Bonchev–Trinajstić information content (AvgIpc) is 2.55. The molecule has 0 amide bonds. The molecule has 0 saturated carbocycles. The molecule has 3 heteroatoms. The van der Waals surface area contributed by atoms with Crippen LogP contribution in [0, 0.1) is 11.8 Å². The van der Waals surface area contributed by atoms with Crippen molar-refractivity contribution >= 4 is 5.69 Å². The lowest BCUT2D eigenvalue weighted by atomic mass is 10.0. The zero-order valence-corrected chi connectivity index (χ0v) is 11.8. The van der Waals surface area contributed by atoms with Gasteiger partial charge >= 0.3 is 0 Å². The van der Waals surface area contributed by atoms with Gasteiger partial charge in [-0.05, 0) is 37.0 Å². The molecule has 2 aliphatic heterocycles. The van der Waals surface area contributed by atoms with Gasteiger partial charge in [-0.15, -0.1) is 0 Å². The van der Waals surface area contributed by atoms with Crippen LogP contribution in [0.15, 0.2) is 30.5 Å². The maximum absolute atomic E-state index is 9.93. The van der Waals surface area contributed by atoms with Gasteiger partial charge in [0, 0.05) is 24.0 Å². The van der Waals surface area contributed by atoms with Crippen molar-refractivity contribution in [1.82, 2.24) is 0 Å². The molecule has 1 aromatic carbocycles. The smallest absolute Gasteiger partial charge is 0.172 e. The fourth-order valence-electron chi connectivity index (χ4n) is 2.54. The summed E-state index contributed by atoms with van der Waals surface area (Å²) in [7, 11) is 2.05. The Morgan fingerprint density at radius 3 is 2.85 bits per heavy atom. The van der Waals surface area contributed by atoms with Crippen LogP contribution in [0.25, 0.3) is 0 Å². The summed E-state index contributed by atoms with van der Waals surface area (Å²) in [6, 6.07) is 6.24. The summed E-state index contributed by atoms with van der Waals surface area (Å²) < 4.78 is 4.99. The molecule has 104 valence electrons. The van der Waals surface area contributed by atoms with Crippen molar-refractivity contribution in [3.05, 3.63) is 41.6 Å². The summed E-state index contributed by atoms with van der Waals surface area (Å²) in [4.78, 5) is 2.15. The van der Waals surface area contributed by atoms with Gasteiger partial charge in [0.1, 0.15) is 0 Å². The number of anilines is 1. The number of aryl methyl sites for hydroxylation is 1. The van der Waals surface area contributed by atoms with E-state index in [0.717, 1.165) is 30.5 Å². The number of nitrogens with zero attached hydrogens (tertiary/aromatic N) is 1. The standard InChI is InChI=1S/C17H19NO2/c1-13-4-3-5-15-7-6-14(10-16(15)18(13)2)8-9-17(19)11-20-12-17/h6-7,10,19H,1,3-5,11-12H2,2H3. The van der Waals surface area contributed by atoms with Gasteiger partial charge in [-0.2, -0.15) is 0 Å². The Bertz CT molecular complexity index is 605. The number of benzene rings is 1. The van der Waals surface area contributed by atoms with Gasteiger partial charge in [0.25, 0.3) is 0 Å². The monoisotopic (exact) mass is 269 g/mol. The lowest BCUT2D eigenvalue weighted by Gasteiger charge is -2.30. The predicted molar refractivity (Wildman–Crippen MR) is 79.6 cm³/mol. The van der Waals surface area contributed by atoms with E-state index in [-0.39, 0.29) is 0 Å². The van der Waals surface area contributed by atoms with Crippen molar-refractivity contribution in [3.8, 4) is 11.8 Å². The van der Waals surface area contributed by atoms with E-state index in [1.165, 1.54) is 11.3 Å². The SMILES string of the molecule is C=C1CCCc2ccc(C#CC3(O)COC3)cc2N1C. The molecule has 20 heavy (non-hydrogen) atoms. The van der Waals surface area contributed by atoms with Crippen LogP contribution in [0.1, 0.15) is 24.0 Å². The molecule has 1 N–H and O–H groups in total. The molecule has 0 aliphatic carbocycles. The summed E-state index contributed by atoms with van der Waals surface area (Å²) in [5, 5.41) is 9.93. The number of allylic oxidation sites excluding steroid dienone is 1. The molecule has 0 aromatic heterocycles. The number of fused-ring (bicyclic) bond motifs is 1. The molecule has 2 aliphatic rings. The topological polar surface area (TPSA) is 32.7 Å². The maximum atomic E-state index is 9.93. The Balaban J connectivity index is 1.91. The van der Waals surface area contributed by atoms with Crippen molar-refractivity contribution in [3.63, 3.8) is 0 Å². The second-order valence-corrected chi connectivity index (χ2v) is 5.60. The molecule has 0 bridgehead atoms. The van der Waals surface area contributed by atoms with E-state index in [1.807, 2.05) is 6.07 Å². The first kappa shape index (κ1) is 13.2. The number of hydrogen-bond donors (Lipinski definition) is 1. The highest BCUT2D eigenvalue weighted by Gasteiger charge is 2.33. The van der Waals surface area contributed by atoms with Gasteiger partial charge in [0.05, 0.1) is 13.2 Å². The van der Waals surface area contributed by atoms with E-state index in [9.17, 15) is 5.11 Å². The van der Waals surface area contributed by atoms with E-state index < -0.39 is 5.60 Å². The molecule has 1 aromatic rings. The molecule has 0 radical (unpaired) electrons. The van der Waals surface area contributed by atoms with Gasteiger partial charge in [0.2, 0.25) is 0 Å². The Kier molecular flexibility index (Phi) is 3.29. The van der Waals surface area contributed by atoms with Crippen LogP contribution in [0.3, 0.4) is 0 Å². The van der Waals surface area contributed by atoms with E-state index in [4.69, 9.17) is 4.74 Å². The number of hydrogen-bond acceptors (Lipinski definition) is 3. The molecule has 1 fully saturated rings. The summed E-state index contributed by atoms with van der Waals surface area (Å²) >= 11 is 0. The zero-order chi connectivity index (χ0) is 14.2. The molecule has 0 atom stereocenters. The molecule has 2 heterocycles. The molecular formula is C17H19NO2. The van der Waals surface area contributed by atoms with Crippen molar-refractivity contribution in [1.29, 1.82) is 0 Å². The third kappa shape index (κ3) is 2.45. The lowest BCUT2D eigenvalue weighted by Crippen LogP contribution is -2.48. The molecule has 3 nitrogen and oxygen atoms in total. The molecule has 0 spiro atoms. The van der Waals surface area contributed by atoms with Crippen molar-refractivity contribution in [2.45, 2.75) is 24.9 Å². The summed E-state index contributed by atoms with van der Waals surface area (Å²) in [5.74, 6) is 5.96. The predicted octanol–water partition coefficient (Wildman–Crippen LogP) is 2.09. The van der Waals surface area contributed by atoms with E-state index in [0.29, 0.717) is 13.2 Å². The Morgan fingerprint density at radius 2 is 2.15 bits per heavy atom. The number of aliphatic hydroxyl groups is 1. The van der Waals surface area contributed by atoms with Crippen LogP contribution in [0.2, 0.25) is 0 Å². The Labute approximate surface area is 119 Å².